The molecule has 0 amide bonds. The van der Waals surface area contributed by atoms with Crippen LogP contribution in [0.2, 0.25) is 0 Å². The minimum atomic E-state index is -5.69. The van der Waals surface area contributed by atoms with Crippen LogP contribution in [0.4, 0.5) is 13.2 Å². The van der Waals surface area contributed by atoms with E-state index >= 15 is 0 Å². The van der Waals surface area contributed by atoms with Crippen molar-refractivity contribution in [2.75, 3.05) is 0 Å². The molecule has 0 heterocycles. The van der Waals surface area contributed by atoms with Gasteiger partial charge in [-0.3, -0.25) is 0 Å². The maximum Gasteiger partial charge on any atom is 0.534 e. The molecular weight excluding hydrogens is 489 g/mol. The van der Waals surface area contributed by atoms with E-state index in [2.05, 4.69) is 4.18 Å². The van der Waals surface area contributed by atoms with Crippen LogP contribution in [0, 0.1) is 0 Å². The first kappa shape index (κ1) is 29.2. The molecule has 0 aromatic heterocycles. The molecule has 1 aliphatic carbocycles. The first-order valence-corrected chi connectivity index (χ1v) is 13.5. The lowest BCUT2D eigenvalue weighted by Crippen LogP contribution is -2.35. The summed E-state index contributed by atoms with van der Waals surface area (Å²) in [6.45, 7) is 8.47. The van der Waals surface area contributed by atoms with Crippen LogP contribution < -0.4 is 8.92 Å². The Morgan fingerprint density at radius 1 is 0.750 bits per heavy atom. The summed E-state index contributed by atoms with van der Waals surface area (Å²) >= 11 is 0. The third kappa shape index (κ3) is 6.81. The van der Waals surface area contributed by atoms with E-state index in [1.165, 1.54) is 12.1 Å². The minimum Gasteiger partial charge on any atom is -0.489 e. The van der Waals surface area contributed by atoms with Crippen LogP contribution in [0.5, 0.6) is 11.5 Å². The largest absolute Gasteiger partial charge is 0.534 e. The van der Waals surface area contributed by atoms with Gasteiger partial charge in [-0.05, 0) is 53.8 Å². The Bertz CT molecular complexity index is 1150. The van der Waals surface area contributed by atoms with E-state index in [1.807, 2.05) is 82.3 Å². The number of alkyl halides is 3. The Labute approximate surface area is 212 Å². The average Bonchev–Trinajstić information content (AvgIpc) is 2.86. The van der Waals surface area contributed by atoms with Gasteiger partial charge in [0.2, 0.25) is 0 Å². The number of rotatable bonds is 7. The number of ether oxygens (including phenoxy) is 1. The smallest absolute Gasteiger partial charge is 0.489 e. The highest BCUT2D eigenvalue weighted by molar-refractivity contribution is 7.88. The molecular formula is C28H33F3O4S. The van der Waals surface area contributed by atoms with Gasteiger partial charge in [-0.1, -0.05) is 88.7 Å². The quantitative estimate of drug-likeness (QED) is 0.233. The standard InChI is InChI=1S/C24H21F3O4S.2C2H6/c25-24(26,27)32(28,29)31-22-13-9-20(10-14-22)23(15-4-16-23)19-7-11-21(12-8-19)30-17-18-5-2-1-3-6-18;2*1-2/h1-3,5-14H,4,15-17H2;2*1-2H3. The molecule has 3 aromatic carbocycles. The van der Waals surface area contributed by atoms with Crippen molar-refractivity contribution < 1.29 is 30.5 Å². The normalized spacial score (nSPS) is 14.2. The molecule has 0 spiro atoms. The summed E-state index contributed by atoms with van der Waals surface area (Å²) in [6.07, 6.45) is 2.80. The van der Waals surface area contributed by atoms with Crippen molar-refractivity contribution in [3.63, 3.8) is 0 Å². The maximum absolute atomic E-state index is 12.5. The van der Waals surface area contributed by atoms with Crippen LogP contribution in [0.1, 0.15) is 63.6 Å². The zero-order valence-electron chi connectivity index (χ0n) is 21.0. The fourth-order valence-corrected chi connectivity index (χ4v) is 4.35. The van der Waals surface area contributed by atoms with E-state index in [1.54, 1.807) is 12.1 Å². The van der Waals surface area contributed by atoms with E-state index < -0.39 is 15.6 Å². The molecule has 0 aliphatic heterocycles. The molecule has 0 radical (unpaired) electrons. The van der Waals surface area contributed by atoms with E-state index in [4.69, 9.17) is 4.74 Å². The molecule has 0 unspecified atom stereocenters. The van der Waals surface area contributed by atoms with Crippen LogP contribution in [-0.2, 0) is 22.1 Å². The van der Waals surface area contributed by atoms with Gasteiger partial charge in [0.1, 0.15) is 18.1 Å². The molecule has 0 saturated heterocycles. The van der Waals surface area contributed by atoms with Crippen LogP contribution in [0.3, 0.4) is 0 Å². The molecule has 1 saturated carbocycles. The SMILES string of the molecule is CC.CC.O=S(=O)(Oc1ccc(C2(c3ccc(OCc4ccccc4)cc3)CCC2)cc1)C(F)(F)F. The van der Waals surface area contributed by atoms with Gasteiger partial charge in [-0.2, -0.15) is 21.6 Å². The molecule has 8 heteroatoms. The molecule has 4 nitrogen and oxygen atoms in total. The zero-order valence-corrected chi connectivity index (χ0v) is 21.8. The van der Waals surface area contributed by atoms with Gasteiger partial charge in [-0.25, -0.2) is 0 Å². The number of halogens is 3. The van der Waals surface area contributed by atoms with E-state index in [9.17, 15) is 21.6 Å². The Balaban J connectivity index is 0.00000109. The first-order valence-electron chi connectivity index (χ1n) is 12.1. The number of benzene rings is 3. The van der Waals surface area contributed by atoms with Crippen molar-refractivity contribution in [2.45, 2.75) is 64.5 Å². The molecule has 196 valence electrons. The van der Waals surface area contributed by atoms with Crippen LogP contribution in [0.15, 0.2) is 78.9 Å². The summed E-state index contributed by atoms with van der Waals surface area (Å²) in [5, 5.41) is 0. The highest BCUT2D eigenvalue weighted by Gasteiger charge is 2.48. The van der Waals surface area contributed by atoms with Crippen LogP contribution in [-0.4, -0.2) is 13.9 Å². The number of hydrogen-bond donors (Lipinski definition) is 0. The second kappa shape index (κ2) is 12.8. The second-order valence-electron chi connectivity index (χ2n) is 7.74. The topological polar surface area (TPSA) is 52.6 Å². The summed E-state index contributed by atoms with van der Waals surface area (Å²) in [6, 6.07) is 23.4. The van der Waals surface area contributed by atoms with E-state index in [0.717, 1.165) is 41.7 Å². The second-order valence-corrected chi connectivity index (χ2v) is 9.28. The molecule has 3 aromatic rings. The van der Waals surface area contributed by atoms with Gasteiger partial charge in [-0.15, -0.1) is 0 Å². The Hall–Kier alpha value is -3.00. The first-order chi connectivity index (χ1) is 17.2. The lowest BCUT2D eigenvalue weighted by atomic mass is 9.60. The average molecular weight is 523 g/mol. The molecule has 0 atom stereocenters. The van der Waals surface area contributed by atoms with E-state index in [0.29, 0.717) is 6.61 Å². The number of hydrogen-bond acceptors (Lipinski definition) is 4. The van der Waals surface area contributed by atoms with E-state index in [-0.39, 0.29) is 11.2 Å². The van der Waals surface area contributed by atoms with Crippen molar-refractivity contribution in [2.24, 2.45) is 0 Å². The Morgan fingerprint density at radius 3 is 1.64 bits per heavy atom. The van der Waals surface area contributed by atoms with Crippen molar-refractivity contribution >= 4 is 10.1 Å². The summed E-state index contributed by atoms with van der Waals surface area (Å²) in [5.74, 6) is 0.374. The molecule has 1 fully saturated rings. The van der Waals surface area contributed by atoms with Gasteiger partial charge in [0, 0.05) is 5.41 Å². The van der Waals surface area contributed by atoms with Gasteiger partial charge in [0.15, 0.2) is 0 Å². The lowest BCUT2D eigenvalue weighted by molar-refractivity contribution is -0.0500. The third-order valence-electron chi connectivity index (χ3n) is 5.76. The van der Waals surface area contributed by atoms with Crippen molar-refractivity contribution in [3.05, 3.63) is 95.6 Å². The molecule has 4 rings (SSSR count). The van der Waals surface area contributed by atoms with Gasteiger partial charge >= 0.3 is 15.6 Å². The van der Waals surface area contributed by atoms with Crippen molar-refractivity contribution in [1.82, 2.24) is 0 Å². The Kier molecular flexibility index (Phi) is 10.4. The predicted octanol–water partition coefficient (Wildman–Crippen LogP) is 8.02. The van der Waals surface area contributed by atoms with Gasteiger partial charge in [0.25, 0.3) is 0 Å². The maximum atomic E-state index is 12.5. The molecule has 36 heavy (non-hydrogen) atoms. The fourth-order valence-electron chi connectivity index (χ4n) is 3.89. The minimum absolute atomic E-state index is 0.264. The molecule has 1 aliphatic rings. The predicted molar refractivity (Wildman–Crippen MR) is 137 cm³/mol. The lowest BCUT2D eigenvalue weighted by Gasteiger charge is -2.43. The monoisotopic (exact) mass is 522 g/mol. The highest BCUT2D eigenvalue weighted by Crippen LogP contribution is 2.49. The fraction of sp³-hybridized carbons (Fsp3) is 0.357. The van der Waals surface area contributed by atoms with Gasteiger partial charge < -0.3 is 8.92 Å². The third-order valence-corrected chi connectivity index (χ3v) is 6.74. The summed E-state index contributed by atoms with van der Waals surface area (Å²) in [5.41, 5.74) is -2.68. The zero-order chi connectivity index (χ0) is 26.8. The molecule has 0 N–H and O–H groups in total. The van der Waals surface area contributed by atoms with Crippen molar-refractivity contribution in [1.29, 1.82) is 0 Å². The van der Waals surface area contributed by atoms with Crippen LogP contribution in [0.25, 0.3) is 0 Å². The summed E-state index contributed by atoms with van der Waals surface area (Å²) in [7, 11) is -5.69. The van der Waals surface area contributed by atoms with Crippen molar-refractivity contribution in [3.8, 4) is 11.5 Å². The highest BCUT2D eigenvalue weighted by atomic mass is 32.2. The molecule has 0 bridgehead atoms. The summed E-state index contributed by atoms with van der Waals surface area (Å²) < 4.78 is 70.1. The van der Waals surface area contributed by atoms with Crippen LogP contribution >= 0.6 is 0 Å². The Morgan fingerprint density at radius 2 is 1.22 bits per heavy atom. The van der Waals surface area contributed by atoms with Gasteiger partial charge in [0.05, 0.1) is 0 Å². The summed E-state index contributed by atoms with van der Waals surface area (Å²) in [4.78, 5) is 0.